The molecule has 0 saturated carbocycles. The highest BCUT2D eigenvalue weighted by Gasteiger charge is 2.24. The molecule has 0 aliphatic carbocycles. The highest BCUT2D eigenvalue weighted by atomic mass is 19.1. The number of benzene rings is 2. The molecule has 130 valence electrons. The highest BCUT2D eigenvalue weighted by Crippen LogP contribution is 2.23. The van der Waals surface area contributed by atoms with Crippen LogP contribution in [0.5, 0.6) is 0 Å². The van der Waals surface area contributed by atoms with Gasteiger partial charge in [-0.1, -0.05) is 18.2 Å². The standard InChI is InChI=1S/C17H15FN2O5/c1-10(12-5-3-4-6-14(12)18)19-16(21)13-9-11(17(22)25-2)7-8-15(13)20(23)24/h3-10H,1-2H3,(H,19,21)/t10-/m0/s1. The van der Waals surface area contributed by atoms with Crippen LogP contribution in [0.25, 0.3) is 0 Å². The van der Waals surface area contributed by atoms with Crippen LogP contribution in [0.2, 0.25) is 0 Å². The maximum Gasteiger partial charge on any atom is 0.337 e. The molecule has 0 spiro atoms. The molecule has 0 fully saturated rings. The summed E-state index contributed by atoms with van der Waals surface area (Å²) in [7, 11) is 1.16. The Morgan fingerprint density at radius 2 is 1.92 bits per heavy atom. The molecule has 2 aromatic carbocycles. The lowest BCUT2D eigenvalue weighted by molar-refractivity contribution is -0.385. The molecule has 1 N–H and O–H groups in total. The summed E-state index contributed by atoms with van der Waals surface area (Å²) in [5, 5.41) is 13.6. The number of ether oxygens (including phenoxy) is 1. The number of methoxy groups -OCH3 is 1. The Bertz CT molecular complexity index is 838. The van der Waals surface area contributed by atoms with Crippen molar-refractivity contribution < 1.29 is 23.6 Å². The van der Waals surface area contributed by atoms with E-state index in [1.165, 1.54) is 24.3 Å². The molecule has 0 saturated heterocycles. The van der Waals surface area contributed by atoms with Crippen LogP contribution < -0.4 is 5.32 Å². The Kier molecular flexibility index (Phi) is 5.43. The zero-order valence-corrected chi connectivity index (χ0v) is 13.5. The molecule has 0 heterocycles. The molecule has 2 aromatic rings. The first-order valence-electron chi connectivity index (χ1n) is 7.27. The second-order valence-electron chi connectivity index (χ2n) is 5.20. The first-order chi connectivity index (χ1) is 11.8. The van der Waals surface area contributed by atoms with Crippen LogP contribution in [0, 0.1) is 15.9 Å². The molecule has 8 heteroatoms. The molecule has 1 atom stereocenters. The molecule has 7 nitrogen and oxygen atoms in total. The van der Waals surface area contributed by atoms with Gasteiger partial charge in [-0.05, 0) is 25.1 Å². The van der Waals surface area contributed by atoms with E-state index in [-0.39, 0.29) is 16.7 Å². The molecule has 25 heavy (non-hydrogen) atoms. The van der Waals surface area contributed by atoms with Gasteiger partial charge in [-0.2, -0.15) is 0 Å². The van der Waals surface area contributed by atoms with E-state index in [0.717, 1.165) is 19.2 Å². The highest BCUT2D eigenvalue weighted by molar-refractivity contribution is 6.01. The summed E-state index contributed by atoms with van der Waals surface area (Å²) in [5.74, 6) is -2.03. The Hall–Kier alpha value is -3.29. The minimum atomic E-state index is -0.798. The van der Waals surface area contributed by atoms with Crippen LogP contribution in [0.1, 0.15) is 39.2 Å². The van der Waals surface area contributed by atoms with Crippen LogP contribution in [0.3, 0.4) is 0 Å². The minimum absolute atomic E-state index is 0.00297. The molecule has 0 radical (unpaired) electrons. The molecule has 0 aromatic heterocycles. The van der Waals surface area contributed by atoms with Gasteiger partial charge in [0.1, 0.15) is 11.4 Å². The molecule has 0 aliphatic heterocycles. The normalized spacial score (nSPS) is 11.5. The van der Waals surface area contributed by atoms with Crippen molar-refractivity contribution in [1.82, 2.24) is 5.32 Å². The number of nitrogens with zero attached hydrogens (tertiary/aromatic N) is 1. The van der Waals surface area contributed by atoms with Crippen molar-refractivity contribution in [2.45, 2.75) is 13.0 Å². The van der Waals surface area contributed by atoms with Crippen molar-refractivity contribution in [2.75, 3.05) is 7.11 Å². The zero-order chi connectivity index (χ0) is 18.6. The first kappa shape index (κ1) is 18.1. The number of nitro benzene ring substituents is 1. The van der Waals surface area contributed by atoms with Gasteiger partial charge in [-0.3, -0.25) is 14.9 Å². The molecule has 1 amide bonds. The van der Waals surface area contributed by atoms with Gasteiger partial charge in [0.25, 0.3) is 11.6 Å². The third-order valence-electron chi connectivity index (χ3n) is 3.58. The first-order valence-corrected chi connectivity index (χ1v) is 7.27. The number of nitrogens with one attached hydrogen (secondary N) is 1. The number of nitro groups is 1. The Morgan fingerprint density at radius 3 is 2.52 bits per heavy atom. The number of hydrogen-bond donors (Lipinski definition) is 1. The third-order valence-corrected chi connectivity index (χ3v) is 3.58. The largest absolute Gasteiger partial charge is 0.465 e. The third kappa shape index (κ3) is 3.97. The monoisotopic (exact) mass is 346 g/mol. The lowest BCUT2D eigenvalue weighted by Gasteiger charge is -2.15. The summed E-state index contributed by atoms with van der Waals surface area (Å²) < 4.78 is 18.3. The number of carbonyl (C=O) groups excluding carboxylic acids is 2. The Labute approximate surface area is 142 Å². The quantitative estimate of drug-likeness (QED) is 0.510. The smallest absolute Gasteiger partial charge is 0.337 e. The molecule has 0 bridgehead atoms. The van der Waals surface area contributed by atoms with Gasteiger partial charge in [-0.25, -0.2) is 9.18 Å². The SMILES string of the molecule is COC(=O)c1ccc([N+](=O)[O-])c(C(=O)N[C@@H](C)c2ccccc2F)c1. The number of rotatable bonds is 5. The number of hydrogen-bond acceptors (Lipinski definition) is 5. The van der Waals surface area contributed by atoms with Gasteiger partial charge in [-0.15, -0.1) is 0 Å². The van der Waals surface area contributed by atoms with E-state index < -0.39 is 34.3 Å². The Balaban J connectivity index is 2.35. The van der Waals surface area contributed by atoms with Crippen molar-refractivity contribution in [3.8, 4) is 0 Å². The van der Waals surface area contributed by atoms with E-state index in [0.29, 0.717) is 0 Å². The van der Waals surface area contributed by atoms with E-state index in [1.807, 2.05) is 0 Å². The summed E-state index contributed by atoms with van der Waals surface area (Å²) in [5.41, 5.74) is -0.540. The average molecular weight is 346 g/mol. The van der Waals surface area contributed by atoms with E-state index in [2.05, 4.69) is 10.1 Å². The van der Waals surface area contributed by atoms with E-state index in [1.54, 1.807) is 13.0 Å². The van der Waals surface area contributed by atoms with E-state index in [4.69, 9.17) is 0 Å². The molecule has 0 aliphatic rings. The number of amides is 1. The van der Waals surface area contributed by atoms with Crippen LogP contribution in [-0.4, -0.2) is 23.9 Å². The van der Waals surface area contributed by atoms with Gasteiger partial charge in [0.2, 0.25) is 0 Å². The van der Waals surface area contributed by atoms with Gasteiger partial charge < -0.3 is 10.1 Å². The predicted octanol–water partition coefficient (Wildman–Crippen LogP) is 3.01. The fourth-order valence-corrected chi connectivity index (χ4v) is 2.30. The fraction of sp³-hybridized carbons (Fsp3) is 0.176. The predicted molar refractivity (Wildman–Crippen MR) is 86.7 cm³/mol. The summed E-state index contributed by atoms with van der Waals surface area (Å²) >= 11 is 0. The van der Waals surface area contributed by atoms with Crippen molar-refractivity contribution in [3.63, 3.8) is 0 Å². The maximum absolute atomic E-state index is 13.8. The topological polar surface area (TPSA) is 98.5 Å². The van der Waals surface area contributed by atoms with Crippen LogP contribution in [0.15, 0.2) is 42.5 Å². The fourth-order valence-electron chi connectivity index (χ4n) is 2.30. The van der Waals surface area contributed by atoms with Crippen molar-refractivity contribution in [1.29, 1.82) is 0 Å². The van der Waals surface area contributed by atoms with Crippen LogP contribution in [0.4, 0.5) is 10.1 Å². The number of esters is 1. The summed E-state index contributed by atoms with van der Waals surface area (Å²) in [4.78, 5) is 34.4. The summed E-state index contributed by atoms with van der Waals surface area (Å²) in [6.45, 7) is 1.55. The second-order valence-corrected chi connectivity index (χ2v) is 5.20. The molecular weight excluding hydrogens is 331 g/mol. The molecule has 0 unspecified atom stereocenters. The van der Waals surface area contributed by atoms with Crippen LogP contribution in [-0.2, 0) is 4.74 Å². The lowest BCUT2D eigenvalue weighted by atomic mass is 10.1. The van der Waals surface area contributed by atoms with Crippen molar-refractivity contribution in [3.05, 3.63) is 75.1 Å². The number of carbonyl (C=O) groups is 2. The maximum atomic E-state index is 13.8. The number of halogens is 1. The second kappa shape index (κ2) is 7.52. The van der Waals surface area contributed by atoms with Gasteiger partial charge in [0, 0.05) is 11.6 Å². The van der Waals surface area contributed by atoms with Crippen LogP contribution >= 0.6 is 0 Å². The van der Waals surface area contributed by atoms with Crippen molar-refractivity contribution in [2.24, 2.45) is 0 Å². The minimum Gasteiger partial charge on any atom is -0.465 e. The average Bonchev–Trinajstić information content (AvgIpc) is 2.60. The van der Waals surface area contributed by atoms with Gasteiger partial charge >= 0.3 is 5.97 Å². The van der Waals surface area contributed by atoms with E-state index >= 15 is 0 Å². The summed E-state index contributed by atoms with van der Waals surface area (Å²) in [6, 6.07) is 8.47. The molecular formula is C17H15FN2O5. The zero-order valence-electron chi connectivity index (χ0n) is 13.5. The van der Waals surface area contributed by atoms with Gasteiger partial charge in [0.15, 0.2) is 0 Å². The van der Waals surface area contributed by atoms with E-state index in [9.17, 15) is 24.1 Å². The molecule has 2 rings (SSSR count). The van der Waals surface area contributed by atoms with Crippen molar-refractivity contribution >= 4 is 17.6 Å². The summed E-state index contributed by atoms with van der Waals surface area (Å²) in [6.07, 6.45) is 0. The van der Waals surface area contributed by atoms with Gasteiger partial charge in [0.05, 0.1) is 23.6 Å². The Morgan fingerprint density at radius 1 is 1.24 bits per heavy atom. The lowest BCUT2D eigenvalue weighted by Crippen LogP contribution is -2.28.